The molecule has 0 bridgehead atoms. The normalized spacial score (nSPS) is 18.9. The fourth-order valence-electron chi connectivity index (χ4n) is 3.81. The van der Waals surface area contributed by atoms with Gasteiger partial charge in [0.2, 0.25) is 11.9 Å². The SMILES string of the molecule is COCCN1CN=C2N[C@H](c3cc(Cl)ccc3F)n3c(nc4ccccc43)N2C1. The number of aromatic nitrogens is 2. The third-order valence-corrected chi connectivity index (χ3v) is 5.46. The van der Waals surface area contributed by atoms with E-state index in [0.717, 1.165) is 23.5 Å². The summed E-state index contributed by atoms with van der Waals surface area (Å²) in [5.41, 5.74) is 2.20. The van der Waals surface area contributed by atoms with E-state index < -0.39 is 6.17 Å². The van der Waals surface area contributed by atoms with Crippen LogP contribution in [0, 0.1) is 5.82 Å². The highest BCUT2D eigenvalue weighted by Crippen LogP contribution is 2.35. The summed E-state index contributed by atoms with van der Waals surface area (Å²) in [7, 11) is 1.69. The number of guanidine groups is 1. The number of hydrogen-bond acceptors (Lipinski definition) is 6. The van der Waals surface area contributed by atoms with Crippen molar-refractivity contribution in [1.29, 1.82) is 0 Å². The zero-order valence-electron chi connectivity index (χ0n) is 15.8. The summed E-state index contributed by atoms with van der Waals surface area (Å²) in [6.07, 6.45) is -0.503. The van der Waals surface area contributed by atoms with Crippen molar-refractivity contribution in [1.82, 2.24) is 19.8 Å². The maximum atomic E-state index is 14.8. The van der Waals surface area contributed by atoms with Crippen LogP contribution in [0.5, 0.6) is 0 Å². The molecule has 0 saturated carbocycles. The second kappa shape index (κ2) is 7.29. The summed E-state index contributed by atoms with van der Waals surface area (Å²) in [6.45, 7) is 2.53. The van der Waals surface area contributed by atoms with Crippen LogP contribution < -0.4 is 10.2 Å². The van der Waals surface area contributed by atoms with Crippen molar-refractivity contribution in [3.8, 4) is 0 Å². The lowest BCUT2D eigenvalue weighted by Gasteiger charge is -2.41. The second-order valence-electron chi connectivity index (χ2n) is 7.06. The summed E-state index contributed by atoms with van der Waals surface area (Å²) < 4.78 is 22.0. The zero-order chi connectivity index (χ0) is 20.0. The molecule has 2 aliphatic rings. The minimum absolute atomic E-state index is 0.331. The quantitative estimate of drug-likeness (QED) is 0.711. The number of fused-ring (bicyclic) bond motifs is 5. The number of ether oxygens (including phenoxy) is 1. The Morgan fingerprint density at radius 3 is 3.00 bits per heavy atom. The number of nitrogens with one attached hydrogen (secondary N) is 1. The largest absolute Gasteiger partial charge is 0.383 e. The van der Waals surface area contributed by atoms with Crippen LogP contribution in [0.3, 0.4) is 0 Å². The molecule has 29 heavy (non-hydrogen) atoms. The highest BCUT2D eigenvalue weighted by molar-refractivity contribution is 6.30. The average Bonchev–Trinajstić information content (AvgIpc) is 3.13. The Bertz CT molecular complexity index is 1100. The van der Waals surface area contributed by atoms with Gasteiger partial charge in [0.25, 0.3) is 0 Å². The molecule has 150 valence electrons. The van der Waals surface area contributed by atoms with Gasteiger partial charge in [-0.3, -0.25) is 14.4 Å². The minimum atomic E-state index is -0.503. The number of nitrogens with zero attached hydrogens (tertiary/aromatic N) is 5. The van der Waals surface area contributed by atoms with E-state index in [-0.39, 0.29) is 5.82 Å². The second-order valence-corrected chi connectivity index (χ2v) is 7.50. The number of methoxy groups -OCH3 is 1. The molecular formula is C20H20ClFN6O. The molecule has 5 rings (SSSR count). The average molecular weight is 415 g/mol. The van der Waals surface area contributed by atoms with Crippen molar-refractivity contribution in [2.75, 3.05) is 38.5 Å². The molecule has 0 amide bonds. The first kappa shape index (κ1) is 18.4. The molecule has 1 atom stereocenters. The lowest BCUT2D eigenvalue weighted by molar-refractivity contribution is 0.147. The lowest BCUT2D eigenvalue weighted by atomic mass is 10.1. The van der Waals surface area contributed by atoms with Crippen LogP contribution in [0.1, 0.15) is 11.7 Å². The summed E-state index contributed by atoms with van der Waals surface area (Å²) in [4.78, 5) is 13.7. The standard InChI is InChI=1S/C20H20ClFN6O/c1-29-9-8-26-11-23-19-25-18(14-10-13(21)6-7-15(14)22)28-17-5-3-2-4-16(17)24-20(28)27(19)12-26/h2-7,10,18H,8-9,11-12H2,1H3,(H,23,25)/t18-/m0/s1. The number of imidazole rings is 1. The number of para-hydroxylation sites is 2. The van der Waals surface area contributed by atoms with Crippen molar-refractivity contribution in [3.63, 3.8) is 0 Å². The molecule has 0 saturated heterocycles. The Hall–Kier alpha value is -2.68. The number of halogens is 2. The van der Waals surface area contributed by atoms with Gasteiger partial charge in [-0.2, -0.15) is 0 Å². The molecule has 2 aliphatic heterocycles. The van der Waals surface area contributed by atoms with Gasteiger partial charge in [-0.15, -0.1) is 0 Å². The molecule has 1 aromatic heterocycles. The Balaban J connectivity index is 1.65. The van der Waals surface area contributed by atoms with Crippen molar-refractivity contribution in [2.24, 2.45) is 4.99 Å². The number of hydrogen-bond donors (Lipinski definition) is 1. The maximum Gasteiger partial charge on any atom is 0.216 e. The molecule has 1 N–H and O–H groups in total. The molecule has 0 unspecified atom stereocenters. The number of aliphatic imine (C=N–C) groups is 1. The van der Waals surface area contributed by atoms with E-state index in [2.05, 4.69) is 15.2 Å². The van der Waals surface area contributed by atoms with Crippen LogP contribution in [-0.4, -0.2) is 54.0 Å². The van der Waals surface area contributed by atoms with Crippen LogP contribution in [0.4, 0.5) is 10.3 Å². The third-order valence-electron chi connectivity index (χ3n) is 5.22. The minimum Gasteiger partial charge on any atom is -0.383 e. The molecule has 3 aromatic rings. The van der Waals surface area contributed by atoms with E-state index in [1.165, 1.54) is 6.07 Å². The van der Waals surface area contributed by atoms with E-state index in [1.807, 2.05) is 33.7 Å². The van der Waals surface area contributed by atoms with Crippen LogP contribution in [-0.2, 0) is 4.74 Å². The van der Waals surface area contributed by atoms with Gasteiger partial charge in [-0.05, 0) is 30.3 Å². The third kappa shape index (κ3) is 3.13. The van der Waals surface area contributed by atoms with E-state index in [0.29, 0.717) is 36.5 Å². The predicted molar refractivity (Wildman–Crippen MR) is 111 cm³/mol. The summed E-state index contributed by atoms with van der Waals surface area (Å²) in [5.74, 6) is 1.06. The fraction of sp³-hybridized carbons (Fsp3) is 0.300. The maximum absolute atomic E-state index is 14.8. The van der Waals surface area contributed by atoms with Crippen LogP contribution >= 0.6 is 11.6 Å². The van der Waals surface area contributed by atoms with E-state index in [1.54, 1.807) is 19.2 Å². The lowest BCUT2D eigenvalue weighted by Crippen LogP contribution is -2.57. The Morgan fingerprint density at radius 1 is 1.28 bits per heavy atom. The molecule has 7 nitrogen and oxygen atoms in total. The van der Waals surface area contributed by atoms with Gasteiger partial charge in [0, 0.05) is 24.2 Å². The zero-order valence-corrected chi connectivity index (χ0v) is 16.6. The van der Waals surface area contributed by atoms with Crippen molar-refractivity contribution < 1.29 is 9.13 Å². The van der Waals surface area contributed by atoms with Crippen LogP contribution in [0.2, 0.25) is 5.02 Å². The molecule has 3 heterocycles. The molecule has 2 aromatic carbocycles. The number of rotatable bonds is 4. The van der Waals surface area contributed by atoms with E-state index >= 15 is 0 Å². The van der Waals surface area contributed by atoms with Gasteiger partial charge in [-0.1, -0.05) is 23.7 Å². The Morgan fingerprint density at radius 2 is 2.14 bits per heavy atom. The van der Waals surface area contributed by atoms with Gasteiger partial charge in [0.05, 0.1) is 31.0 Å². The molecule has 0 radical (unpaired) electrons. The number of anilines is 1. The number of benzene rings is 2. The summed E-state index contributed by atoms with van der Waals surface area (Å²) in [5, 5.41) is 3.87. The first-order valence-electron chi connectivity index (χ1n) is 9.37. The van der Waals surface area contributed by atoms with Gasteiger partial charge in [-0.25, -0.2) is 14.4 Å². The van der Waals surface area contributed by atoms with Gasteiger partial charge in [0.1, 0.15) is 12.0 Å². The summed E-state index contributed by atoms with van der Waals surface area (Å²) >= 11 is 6.18. The van der Waals surface area contributed by atoms with Gasteiger partial charge >= 0.3 is 0 Å². The molecule has 9 heteroatoms. The predicted octanol–water partition coefficient (Wildman–Crippen LogP) is 3.02. The smallest absolute Gasteiger partial charge is 0.216 e. The van der Waals surface area contributed by atoms with Crippen molar-refractivity contribution in [3.05, 3.63) is 58.9 Å². The Labute approximate surface area is 172 Å². The summed E-state index contributed by atoms with van der Waals surface area (Å²) in [6, 6.07) is 12.4. The Kier molecular flexibility index (Phi) is 4.61. The van der Waals surface area contributed by atoms with E-state index in [9.17, 15) is 4.39 Å². The first-order valence-corrected chi connectivity index (χ1v) is 9.75. The molecule has 0 aliphatic carbocycles. The van der Waals surface area contributed by atoms with Crippen LogP contribution in [0.25, 0.3) is 11.0 Å². The monoisotopic (exact) mass is 414 g/mol. The van der Waals surface area contributed by atoms with Gasteiger partial charge in [0.15, 0.2) is 0 Å². The molecule has 0 fully saturated rings. The van der Waals surface area contributed by atoms with Crippen molar-refractivity contribution in [2.45, 2.75) is 6.17 Å². The molecule has 0 spiro atoms. The van der Waals surface area contributed by atoms with E-state index in [4.69, 9.17) is 21.3 Å². The molecular weight excluding hydrogens is 395 g/mol. The van der Waals surface area contributed by atoms with Crippen molar-refractivity contribution >= 4 is 34.5 Å². The van der Waals surface area contributed by atoms with Gasteiger partial charge < -0.3 is 10.1 Å². The van der Waals surface area contributed by atoms with Crippen LogP contribution in [0.15, 0.2) is 47.5 Å². The first-order chi connectivity index (χ1) is 14.2. The highest BCUT2D eigenvalue weighted by atomic mass is 35.5. The highest BCUT2D eigenvalue weighted by Gasteiger charge is 2.36. The fourth-order valence-corrected chi connectivity index (χ4v) is 3.99. The topological polar surface area (TPSA) is 57.9 Å².